The van der Waals surface area contributed by atoms with Crippen molar-refractivity contribution in [2.45, 2.75) is 86.7 Å². The molecule has 6 aromatic rings. The zero-order valence-corrected chi connectivity index (χ0v) is 37.6. The van der Waals surface area contributed by atoms with Gasteiger partial charge in [-0.2, -0.15) is 19.1 Å². The Hall–Kier alpha value is -2.00. The van der Waals surface area contributed by atoms with Crippen LogP contribution in [0, 0.1) is 20.8 Å². The van der Waals surface area contributed by atoms with Crippen LogP contribution in [0.15, 0.2) is 97.1 Å². The fourth-order valence-corrected chi connectivity index (χ4v) is 8.55. The molecule has 0 heterocycles. The minimum absolute atomic E-state index is 0.826. The second-order valence-electron chi connectivity index (χ2n) is 14.7. The standard InChI is InChI=1S/2C21H25Si.C2H5.2ClH.Zr/c2*1-6-16-13-20-15(2)7-12-19(21(20)14-16)17-8-10-18(11-9-17)22(3,4)5;1-2;;;/h2*7-14H,6H2,1-5H3;1H2,2H3;2*1H;/q3*-1;;;+2/p-2. The van der Waals surface area contributed by atoms with Gasteiger partial charge in [0.05, 0.1) is 16.1 Å². The molecule has 6 aromatic carbocycles. The molecule has 0 amide bonds. The molecule has 0 unspecified atom stereocenters. The second kappa shape index (κ2) is 18.5. The molecule has 0 aliphatic carbocycles. The fraction of sp³-hybridized carbons (Fsp3) is 0.295. The topological polar surface area (TPSA) is 0 Å². The maximum absolute atomic E-state index is 4.93. The summed E-state index contributed by atoms with van der Waals surface area (Å²) < 4.78 is 0. The SMILES string of the molecule is CCc1cc2c(-c3ccc([Si](C)(C)C)cc3)ccc(C)c2[cH-]1.CCc1cc2c(-c3ccc([Si](C)(C)C)cc3)ccc(C)c2[cH-]1.[CH2-]C.[Cl][Zr][Cl]. The first-order valence-electron chi connectivity index (χ1n) is 17.5. The Labute approximate surface area is 318 Å². The van der Waals surface area contributed by atoms with Gasteiger partial charge in [-0.3, -0.25) is 0 Å². The van der Waals surface area contributed by atoms with Gasteiger partial charge >= 0.3 is 37.9 Å². The Kier molecular flexibility index (Phi) is 15.6. The van der Waals surface area contributed by atoms with E-state index in [0.29, 0.717) is 0 Å². The van der Waals surface area contributed by atoms with E-state index in [-0.39, 0.29) is 0 Å². The summed E-state index contributed by atoms with van der Waals surface area (Å²) in [6.07, 6.45) is 2.20. The molecule has 0 bridgehead atoms. The first kappa shape index (κ1) is 41.4. The van der Waals surface area contributed by atoms with Crippen LogP contribution in [-0.4, -0.2) is 16.1 Å². The molecule has 0 N–H and O–H groups in total. The van der Waals surface area contributed by atoms with Crippen molar-refractivity contribution in [2.24, 2.45) is 0 Å². The molecule has 0 aliphatic heterocycles. The molecule has 260 valence electrons. The van der Waals surface area contributed by atoms with E-state index in [9.17, 15) is 0 Å². The van der Waals surface area contributed by atoms with E-state index in [4.69, 9.17) is 17.0 Å². The molecule has 0 aromatic heterocycles. The third-order valence-corrected chi connectivity index (χ3v) is 13.4. The third kappa shape index (κ3) is 10.5. The molecule has 0 spiro atoms. The van der Waals surface area contributed by atoms with E-state index >= 15 is 0 Å². The normalized spacial score (nSPS) is 11.2. The van der Waals surface area contributed by atoms with E-state index in [1.54, 1.807) is 6.92 Å². The van der Waals surface area contributed by atoms with Crippen LogP contribution in [0.2, 0.25) is 39.3 Å². The summed E-state index contributed by atoms with van der Waals surface area (Å²) in [6, 6.07) is 37.0. The van der Waals surface area contributed by atoms with Gasteiger partial charge in [-0.15, -0.1) is 68.1 Å². The Morgan fingerprint density at radius 1 is 0.551 bits per heavy atom. The molecule has 0 saturated carbocycles. The molecule has 0 saturated heterocycles. The Morgan fingerprint density at radius 3 is 1.12 bits per heavy atom. The molecular formula is C44H55Cl2Si2Zr-3. The van der Waals surface area contributed by atoms with Crippen molar-refractivity contribution >= 4 is 65.1 Å². The van der Waals surface area contributed by atoms with E-state index in [1.165, 1.54) is 76.4 Å². The molecule has 5 heteroatoms. The van der Waals surface area contributed by atoms with Crippen molar-refractivity contribution in [1.29, 1.82) is 0 Å². The summed E-state index contributed by atoms with van der Waals surface area (Å²) in [7, 11) is 7.42. The average Bonchev–Trinajstić information content (AvgIpc) is 3.73. The molecule has 0 nitrogen and oxygen atoms in total. The Balaban J connectivity index is 0.000000235. The zero-order valence-electron chi connectivity index (χ0n) is 31.6. The van der Waals surface area contributed by atoms with Crippen molar-refractivity contribution in [3.63, 3.8) is 0 Å². The first-order chi connectivity index (χ1) is 23.2. The summed E-state index contributed by atoms with van der Waals surface area (Å²) in [5, 5.41) is 8.66. The molecule has 49 heavy (non-hydrogen) atoms. The van der Waals surface area contributed by atoms with Crippen LogP contribution >= 0.6 is 17.0 Å². The molecule has 6 rings (SSSR count). The van der Waals surface area contributed by atoms with Crippen LogP contribution in [0.4, 0.5) is 0 Å². The van der Waals surface area contributed by atoms with E-state index in [2.05, 4.69) is 171 Å². The maximum atomic E-state index is 4.93. The van der Waals surface area contributed by atoms with Crippen molar-refractivity contribution in [1.82, 2.24) is 0 Å². The third-order valence-electron chi connectivity index (χ3n) is 9.27. The van der Waals surface area contributed by atoms with Gasteiger partial charge in [-0.05, 0) is 24.0 Å². The number of hydrogen-bond donors (Lipinski definition) is 0. The van der Waals surface area contributed by atoms with Gasteiger partial charge < -0.3 is 6.92 Å². The Bertz CT molecular complexity index is 1770. The molecular weight excluding hydrogens is 747 g/mol. The predicted octanol–water partition coefficient (Wildman–Crippen LogP) is 13.5. The summed E-state index contributed by atoms with van der Waals surface area (Å²) >= 11 is -0.826. The van der Waals surface area contributed by atoms with Crippen LogP contribution in [-0.2, 0) is 33.7 Å². The molecule has 0 atom stereocenters. The van der Waals surface area contributed by atoms with E-state index < -0.39 is 37.0 Å². The number of hydrogen-bond acceptors (Lipinski definition) is 0. The molecule has 0 fully saturated rings. The van der Waals surface area contributed by atoms with Crippen LogP contribution in [0.5, 0.6) is 0 Å². The number of benzene rings is 4. The van der Waals surface area contributed by atoms with Crippen LogP contribution in [0.1, 0.15) is 43.0 Å². The summed E-state index contributed by atoms with van der Waals surface area (Å²) in [4.78, 5) is 0. The second-order valence-corrected chi connectivity index (χ2v) is 28.6. The zero-order chi connectivity index (χ0) is 36.5. The van der Waals surface area contributed by atoms with Gasteiger partial charge in [0.1, 0.15) is 0 Å². The fourth-order valence-electron chi connectivity index (χ4n) is 6.22. The summed E-state index contributed by atoms with van der Waals surface area (Å²) in [5.41, 5.74) is 11.0. The number of rotatable bonds is 6. The van der Waals surface area contributed by atoms with Crippen molar-refractivity contribution in [2.75, 3.05) is 0 Å². The molecule has 0 radical (unpaired) electrons. The van der Waals surface area contributed by atoms with Crippen LogP contribution in [0.3, 0.4) is 0 Å². The summed E-state index contributed by atoms with van der Waals surface area (Å²) in [5.74, 6) is 0. The Morgan fingerprint density at radius 2 is 0.857 bits per heavy atom. The minimum atomic E-state index is -1.22. The van der Waals surface area contributed by atoms with Crippen LogP contribution in [0.25, 0.3) is 43.8 Å². The first-order valence-corrected chi connectivity index (χ1v) is 30.8. The van der Waals surface area contributed by atoms with Gasteiger partial charge in [-0.1, -0.05) is 149 Å². The van der Waals surface area contributed by atoms with Crippen molar-refractivity contribution in [3.05, 3.63) is 126 Å². The quantitative estimate of drug-likeness (QED) is 0.116. The van der Waals surface area contributed by atoms with Gasteiger partial charge in [0.2, 0.25) is 0 Å². The number of fused-ring (bicyclic) bond motifs is 2. The van der Waals surface area contributed by atoms with Gasteiger partial charge in [0, 0.05) is 0 Å². The van der Waals surface area contributed by atoms with E-state index in [0.717, 1.165) is 12.8 Å². The average molecular weight is 802 g/mol. The van der Waals surface area contributed by atoms with E-state index in [1.807, 2.05) is 0 Å². The number of halogens is 2. The van der Waals surface area contributed by atoms with Gasteiger partial charge in [0.15, 0.2) is 0 Å². The molecule has 0 aliphatic rings. The monoisotopic (exact) mass is 799 g/mol. The van der Waals surface area contributed by atoms with Crippen molar-refractivity contribution < 1.29 is 20.8 Å². The van der Waals surface area contributed by atoms with Gasteiger partial charge in [0.25, 0.3) is 0 Å². The van der Waals surface area contributed by atoms with Gasteiger partial charge in [-0.25, -0.2) is 0 Å². The van der Waals surface area contributed by atoms with Crippen molar-refractivity contribution in [3.8, 4) is 22.3 Å². The summed E-state index contributed by atoms with van der Waals surface area (Å²) in [6.45, 7) is 28.3. The van der Waals surface area contributed by atoms with Crippen LogP contribution < -0.4 is 10.4 Å². The number of aryl methyl sites for hydroxylation is 4. The predicted molar refractivity (Wildman–Crippen MR) is 227 cm³/mol.